The third kappa shape index (κ3) is 3.39. The number of amides is 1. The molecule has 0 radical (unpaired) electrons. The highest BCUT2D eigenvalue weighted by Gasteiger charge is 2.32. The third-order valence-corrected chi connectivity index (χ3v) is 4.14. The van der Waals surface area contributed by atoms with Crippen LogP contribution < -0.4 is 5.32 Å². The van der Waals surface area contributed by atoms with E-state index in [1.54, 1.807) is 6.07 Å². The number of hydrogen-bond donors (Lipinski definition) is 2. The minimum absolute atomic E-state index is 0.116. The van der Waals surface area contributed by atoms with Crippen LogP contribution in [0.5, 0.6) is 0 Å². The zero-order valence-electron chi connectivity index (χ0n) is 12.9. The molecule has 1 aliphatic rings. The number of halogens is 1. The van der Waals surface area contributed by atoms with Crippen LogP contribution in [-0.4, -0.2) is 34.2 Å². The van der Waals surface area contributed by atoms with Crippen molar-refractivity contribution >= 4 is 5.91 Å². The number of rotatable bonds is 5. The molecule has 0 unspecified atom stereocenters. The maximum absolute atomic E-state index is 13.4. The first-order chi connectivity index (χ1) is 11.2. The molecule has 1 amide bonds. The first kappa shape index (κ1) is 15.6. The quantitative estimate of drug-likeness (QED) is 0.884. The van der Waals surface area contributed by atoms with Gasteiger partial charge in [-0.2, -0.15) is 5.10 Å². The number of carbonyl (C=O) groups is 1. The van der Waals surface area contributed by atoms with Gasteiger partial charge >= 0.3 is 0 Å². The van der Waals surface area contributed by atoms with Gasteiger partial charge in [-0.3, -0.25) is 9.89 Å². The van der Waals surface area contributed by atoms with Crippen molar-refractivity contribution in [1.82, 2.24) is 20.5 Å². The average Bonchev–Trinajstić information content (AvgIpc) is 3.23. The van der Waals surface area contributed by atoms with Crippen LogP contribution in [0.2, 0.25) is 0 Å². The van der Waals surface area contributed by atoms with Crippen LogP contribution in [0, 0.1) is 11.7 Å². The number of aromatic amines is 1. The van der Waals surface area contributed by atoms with E-state index in [-0.39, 0.29) is 17.9 Å². The van der Waals surface area contributed by atoms with Crippen LogP contribution in [0.25, 0.3) is 0 Å². The maximum Gasteiger partial charge on any atom is 0.251 e. The zero-order valence-corrected chi connectivity index (χ0v) is 12.9. The highest BCUT2D eigenvalue weighted by molar-refractivity contribution is 5.95. The molecule has 1 aromatic carbocycles. The number of nitrogens with zero attached hydrogens (tertiary/aromatic N) is 2. The summed E-state index contributed by atoms with van der Waals surface area (Å²) in [7, 11) is 0. The molecule has 2 atom stereocenters. The largest absolute Gasteiger partial charge is 0.370 e. The van der Waals surface area contributed by atoms with E-state index in [4.69, 9.17) is 4.74 Å². The second-order valence-electron chi connectivity index (χ2n) is 5.58. The van der Waals surface area contributed by atoms with E-state index in [9.17, 15) is 9.18 Å². The van der Waals surface area contributed by atoms with E-state index in [2.05, 4.69) is 20.5 Å². The summed E-state index contributed by atoms with van der Waals surface area (Å²) in [6, 6.07) is 4.31. The lowest BCUT2D eigenvalue weighted by atomic mass is 10.00. The van der Waals surface area contributed by atoms with Crippen molar-refractivity contribution in [2.75, 3.05) is 13.2 Å². The molecule has 0 saturated carbocycles. The minimum Gasteiger partial charge on any atom is -0.370 e. The Morgan fingerprint density at radius 1 is 1.52 bits per heavy atom. The second kappa shape index (κ2) is 6.87. The third-order valence-electron chi connectivity index (χ3n) is 4.14. The molecule has 2 aromatic rings. The molecular formula is C16H19FN4O2. The molecule has 122 valence electrons. The van der Waals surface area contributed by atoms with Crippen LogP contribution in [0.4, 0.5) is 4.39 Å². The summed E-state index contributed by atoms with van der Waals surface area (Å²) in [5, 5.41) is 9.52. The number of benzene rings is 1. The number of carbonyl (C=O) groups excluding carboxylic acids is 1. The molecule has 3 rings (SSSR count). The summed E-state index contributed by atoms with van der Waals surface area (Å²) in [5.41, 5.74) is 1.22. The van der Waals surface area contributed by atoms with Crippen molar-refractivity contribution in [2.24, 2.45) is 5.92 Å². The van der Waals surface area contributed by atoms with Gasteiger partial charge in [0.15, 0.2) is 5.82 Å². The number of nitrogens with one attached hydrogen (secondary N) is 2. The lowest BCUT2D eigenvalue weighted by Gasteiger charge is -2.17. The molecule has 1 aliphatic heterocycles. The number of aryl methyl sites for hydroxylation is 1. The van der Waals surface area contributed by atoms with E-state index in [0.717, 1.165) is 12.0 Å². The topological polar surface area (TPSA) is 79.9 Å². The van der Waals surface area contributed by atoms with Gasteiger partial charge in [0, 0.05) is 24.6 Å². The maximum atomic E-state index is 13.4. The summed E-state index contributed by atoms with van der Waals surface area (Å²) in [6.45, 7) is 3.00. The van der Waals surface area contributed by atoms with Gasteiger partial charge in [-0.15, -0.1) is 0 Å². The first-order valence-electron chi connectivity index (χ1n) is 7.72. The summed E-state index contributed by atoms with van der Waals surface area (Å²) in [4.78, 5) is 16.5. The SMILES string of the molecule is CCc1ccc(F)cc1C(=O)NC[C@@H]1CCO[C@@H]1c1ncn[nH]1. The summed E-state index contributed by atoms with van der Waals surface area (Å²) in [5.74, 6) is 0.118. The van der Waals surface area contributed by atoms with Crippen molar-refractivity contribution in [3.8, 4) is 0 Å². The van der Waals surface area contributed by atoms with Crippen molar-refractivity contribution in [3.05, 3.63) is 47.3 Å². The Morgan fingerprint density at radius 2 is 2.39 bits per heavy atom. The van der Waals surface area contributed by atoms with E-state index in [0.29, 0.717) is 31.0 Å². The van der Waals surface area contributed by atoms with Crippen LogP contribution in [-0.2, 0) is 11.2 Å². The molecule has 0 spiro atoms. The van der Waals surface area contributed by atoms with E-state index in [1.165, 1.54) is 18.5 Å². The normalized spacial score (nSPS) is 20.6. The zero-order chi connectivity index (χ0) is 16.2. The number of ether oxygens (including phenoxy) is 1. The molecule has 0 bridgehead atoms. The van der Waals surface area contributed by atoms with Crippen molar-refractivity contribution in [1.29, 1.82) is 0 Å². The number of hydrogen-bond acceptors (Lipinski definition) is 4. The average molecular weight is 318 g/mol. The smallest absolute Gasteiger partial charge is 0.251 e. The van der Waals surface area contributed by atoms with E-state index < -0.39 is 5.82 Å². The predicted octanol–water partition coefficient (Wildman–Crippen LogP) is 2.01. The van der Waals surface area contributed by atoms with Gasteiger partial charge < -0.3 is 10.1 Å². The Morgan fingerprint density at radius 3 is 3.13 bits per heavy atom. The fourth-order valence-electron chi connectivity index (χ4n) is 2.88. The number of H-pyrrole nitrogens is 1. The molecule has 1 aromatic heterocycles. The second-order valence-corrected chi connectivity index (χ2v) is 5.58. The van der Waals surface area contributed by atoms with Gasteiger partial charge in [0.25, 0.3) is 5.91 Å². The Balaban J connectivity index is 1.66. The molecular weight excluding hydrogens is 299 g/mol. The summed E-state index contributed by atoms with van der Waals surface area (Å²) in [6.07, 6.45) is 2.74. The van der Waals surface area contributed by atoms with Gasteiger partial charge in [-0.1, -0.05) is 13.0 Å². The number of aromatic nitrogens is 3. The van der Waals surface area contributed by atoms with Crippen LogP contribution in [0.1, 0.15) is 41.2 Å². The molecule has 23 heavy (non-hydrogen) atoms. The van der Waals surface area contributed by atoms with E-state index >= 15 is 0 Å². The monoisotopic (exact) mass is 318 g/mol. The van der Waals surface area contributed by atoms with Crippen LogP contribution in [0.3, 0.4) is 0 Å². The highest BCUT2D eigenvalue weighted by Crippen LogP contribution is 2.31. The van der Waals surface area contributed by atoms with Gasteiger partial charge in [0.2, 0.25) is 0 Å². The van der Waals surface area contributed by atoms with Crippen LogP contribution in [0.15, 0.2) is 24.5 Å². The molecule has 6 nitrogen and oxygen atoms in total. The highest BCUT2D eigenvalue weighted by atomic mass is 19.1. The molecule has 1 fully saturated rings. The lowest BCUT2D eigenvalue weighted by Crippen LogP contribution is -2.31. The molecule has 0 aliphatic carbocycles. The van der Waals surface area contributed by atoms with Gasteiger partial charge in [-0.25, -0.2) is 9.37 Å². The standard InChI is InChI=1S/C16H19FN4O2/c1-2-10-3-4-12(17)7-13(10)16(22)18-8-11-5-6-23-14(11)15-19-9-20-21-15/h3-4,7,9,11,14H,2,5-6,8H2,1H3,(H,18,22)(H,19,20,21)/t11-,14-/m0/s1. The fraction of sp³-hybridized carbons (Fsp3) is 0.438. The molecule has 7 heteroatoms. The summed E-state index contributed by atoms with van der Waals surface area (Å²) >= 11 is 0. The Hall–Kier alpha value is -2.28. The Labute approximate surface area is 133 Å². The van der Waals surface area contributed by atoms with Gasteiger partial charge in [0.05, 0.1) is 0 Å². The fourth-order valence-corrected chi connectivity index (χ4v) is 2.88. The van der Waals surface area contributed by atoms with Crippen molar-refractivity contribution in [3.63, 3.8) is 0 Å². The van der Waals surface area contributed by atoms with Crippen molar-refractivity contribution in [2.45, 2.75) is 25.9 Å². The summed E-state index contributed by atoms with van der Waals surface area (Å²) < 4.78 is 19.1. The Kier molecular flexibility index (Phi) is 4.66. The van der Waals surface area contributed by atoms with Crippen molar-refractivity contribution < 1.29 is 13.9 Å². The minimum atomic E-state index is -0.406. The molecule has 2 heterocycles. The van der Waals surface area contributed by atoms with Gasteiger partial charge in [-0.05, 0) is 30.5 Å². The lowest BCUT2D eigenvalue weighted by molar-refractivity contribution is 0.0798. The molecule has 1 saturated heterocycles. The first-order valence-corrected chi connectivity index (χ1v) is 7.72. The van der Waals surface area contributed by atoms with E-state index in [1.807, 2.05) is 6.92 Å². The van der Waals surface area contributed by atoms with Crippen LogP contribution >= 0.6 is 0 Å². The molecule has 2 N–H and O–H groups in total. The predicted molar refractivity (Wildman–Crippen MR) is 81.3 cm³/mol. The van der Waals surface area contributed by atoms with Gasteiger partial charge in [0.1, 0.15) is 18.2 Å². The Bertz CT molecular complexity index is 675.